The van der Waals surface area contributed by atoms with Crippen molar-refractivity contribution in [2.75, 3.05) is 0 Å². The van der Waals surface area contributed by atoms with Crippen molar-refractivity contribution >= 4 is 17.6 Å². The first-order chi connectivity index (χ1) is 12.0. The van der Waals surface area contributed by atoms with E-state index in [4.69, 9.17) is 0 Å². The maximum atomic E-state index is 13.1. The zero-order valence-electron chi connectivity index (χ0n) is 14.1. The Kier molecular flexibility index (Phi) is 3.29. The van der Waals surface area contributed by atoms with Gasteiger partial charge >= 0.3 is 0 Å². The Bertz CT molecular complexity index is 852. The minimum absolute atomic E-state index is 0.226. The lowest BCUT2D eigenvalue weighted by Gasteiger charge is -2.25. The molecule has 2 aromatic rings. The van der Waals surface area contributed by atoms with Crippen LogP contribution in [-0.4, -0.2) is 33.8 Å². The summed E-state index contributed by atoms with van der Waals surface area (Å²) in [5.41, 5.74) is 1.05. The third kappa shape index (κ3) is 1.98. The summed E-state index contributed by atoms with van der Waals surface area (Å²) in [7, 11) is 0. The van der Waals surface area contributed by atoms with Gasteiger partial charge in [-0.1, -0.05) is 67.1 Å². The second-order valence-electron chi connectivity index (χ2n) is 6.53. The number of rotatable bonds is 4. The molecule has 0 aromatic heterocycles. The molecule has 2 aliphatic heterocycles. The van der Waals surface area contributed by atoms with Crippen molar-refractivity contribution < 1.29 is 14.4 Å². The minimum atomic E-state index is -1.21. The van der Waals surface area contributed by atoms with Gasteiger partial charge in [-0.05, 0) is 18.9 Å². The molecular formula is C20H18N2O3. The molecule has 0 saturated carbocycles. The van der Waals surface area contributed by atoms with Gasteiger partial charge < -0.3 is 0 Å². The van der Waals surface area contributed by atoms with Crippen LogP contribution in [-0.2, 0) is 15.0 Å². The summed E-state index contributed by atoms with van der Waals surface area (Å²) in [6.07, 6.45) is -0.431. The summed E-state index contributed by atoms with van der Waals surface area (Å²) in [6, 6.07) is 16.2. The number of hydrazine groups is 1. The van der Waals surface area contributed by atoms with Crippen molar-refractivity contribution in [2.24, 2.45) is 0 Å². The van der Waals surface area contributed by atoms with Gasteiger partial charge in [0.25, 0.3) is 11.8 Å². The summed E-state index contributed by atoms with van der Waals surface area (Å²) in [5, 5.41) is 2.61. The fourth-order valence-electron chi connectivity index (χ4n) is 3.64. The SMILES string of the molecule is CCC1(c2ccc(C)cc2)C(=O)N2C(C(=O)c3ccccc3)N2C1=O. The van der Waals surface area contributed by atoms with Gasteiger partial charge in [0.2, 0.25) is 11.9 Å². The molecule has 2 saturated heterocycles. The Morgan fingerprint density at radius 3 is 2.04 bits per heavy atom. The molecule has 0 radical (unpaired) electrons. The molecule has 0 spiro atoms. The van der Waals surface area contributed by atoms with Crippen LogP contribution < -0.4 is 0 Å². The van der Waals surface area contributed by atoms with E-state index < -0.39 is 11.6 Å². The smallest absolute Gasteiger partial charge is 0.263 e. The van der Waals surface area contributed by atoms with Gasteiger partial charge in [-0.15, -0.1) is 0 Å². The Balaban J connectivity index is 1.67. The highest BCUT2D eigenvalue weighted by molar-refractivity contribution is 6.22. The summed E-state index contributed by atoms with van der Waals surface area (Å²) >= 11 is 0. The first kappa shape index (κ1) is 15.6. The van der Waals surface area contributed by atoms with Gasteiger partial charge in [-0.2, -0.15) is 0 Å². The van der Waals surface area contributed by atoms with Crippen LogP contribution in [0.15, 0.2) is 54.6 Å². The predicted molar refractivity (Wildman–Crippen MR) is 91.4 cm³/mol. The van der Waals surface area contributed by atoms with Crippen molar-refractivity contribution in [3.05, 3.63) is 71.3 Å². The van der Waals surface area contributed by atoms with Gasteiger partial charge in [0.1, 0.15) is 0 Å². The van der Waals surface area contributed by atoms with E-state index in [-0.39, 0.29) is 17.6 Å². The number of benzene rings is 2. The van der Waals surface area contributed by atoms with E-state index in [2.05, 4.69) is 0 Å². The van der Waals surface area contributed by atoms with E-state index in [1.54, 1.807) is 24.3 Å². The lowest BCUT2D eigenvalue weighted by molar-refractivity contribution is -0.135. The van der Waals surface area contributed by atoms with Gasteiger partial charge in [0.05, 0.1) is 0 Å². The molecular weight excluding hydrogens is 316 g/mol. The van der Waals surface area contributed by atoms with Crippen LogP contribution in [0.4, 0.5) is 0 Å². The number of ketones is 1. The lowest BCUT2D eigenvalue weighted by Crippen LogP contribution is -2.45. The monoisotopic (exact) mass is 334 g/mol. The van der Waals surface area contributed by atoms with E-state index in [1.807, 2.05) is 44.2 Å². The van der Waals surface area contributed by atoms with Crippen LogP contribution in [0.3, 0.4) is 0 Å². The number of hydrogen-bond acceptors (Lipinski definition) is 3. The topological polar surface area (TPSA) is 57.2 Å². The lowest BCUT2D eigenvalue weighted by atomic mass is 9.76. The second-order valence-corrected chi connectivity index (χ2v) is 6.53. The average Bonchev–Trinajstić information content (AvgIpc) is 3.34. The maximum Gasteiger partial charge on any atom is 0.263 e. The molecule has 126 valence electrons. The number of fused-ring (bicyclic) bond motifs is 1. The molecule has 0 unspecified atom stereocenters. The quantitative estimate of drug-likeness (QED) is 0.490. The molecule has 2 heterocycles. The number of carbonyl (C=O) groups excluding carboxylic acids is 3. The zero-order chi connectivity index (χ0) is 17.8. The molecule has 2 aromatic carbocycles. The van der Waals surface area contributed by atoms with Crippen LogP contribution >= 0.6 is 0 Å². The average molecular weight is 334 g/mol. The highest BCUT2D eigenvalue weighted by Crippen LogP contribution is 2.48. The van der Waals surface area contributed by atoms with Crippen LogP contribution in [0.25, 0.3) is 0 Å². The first-order valence-electron chi connectivity index (χ1n) is 8.36. The van der Waals surface area contributed by atoms with Crippen molar-refractivity contribution in [3.8, 4) is 0 Å². The van der Waals surface area contributed by atoms with Crippen LogP contribution in [0.2, 0.25) is 0 Å². The summed E-state index contributed by atoms with van der Waals surface area (Å²) in [6.45, 7) is 3.79. The van der Waals surface area contributed by atoms with E-state index in [9.17, 15) is 14.4 Å². The van der Waals surface area contributed by atoms with Crippen molar-refractivity contribution in [3.63, 3.8) is 0 Å². The van der Waals surface area contributed by atoms with Gasteiger partial charge in [-0.25, -0.2) is 10.0 Å². The normalized spacial score (nSPS) is 18.5. The van der Waals surface area contributed by atoms with Crippen LogP contribution in [0.1, 0.15) is 34.8 Å². The Labute approximate surface area is 145 Å². The third-order valence-corrected chi connectivity index (χ3v) is 5.15. The molecule has 2 aliphatic rings. The molecule has 5 nitrogen and oxygen atoms in total. The van der Waals surface area contributed by atoms with E-state index in [0.717, 1.165) is 5.56 Å². The van der Waals surface area contributed by atoms with E-state index >= 15 is 0 Å². The number of hydrogen-bond donors (Lipinski definition) is 0. The minimum Gasteiger partial charge on any atom is -0.290 e. The maximum absolute atomic E-state index is 13.1. The molecule has 0 bridgehead atoms. The molecule has 0 N–H and O–H groups in total. The van der Waals surface area contributed by atoms with Crippen molar-refractivity contribution in [2.45, 2.75) is 31.8 Å². The van der Waals surface area contributed by atoms with E-state index in [1.165, 1.54) is 10.0 Å². The zero-order valence-corrected chi connectivity index (χ0v) is 14.1. The molecule has 0 atom stereocenters. The molecule has 5 heteroatoms. The molecule has 2 fully saturated rings. The Hall–Kier alpha value is -2.95. The van der Waals surface area contributed by atoms with Crippen LogP contribution in [0.5, 0.6) is 0 Å². The van der Waals surface area contributed by atoms with Crippen molar-refractivity contribution in [1.82, 2.24) is 10.0 Å². The van der Waals surface area contributed by atoms with Gasteiger partial charge in [0.15, 0.2) is 5.41 Å². The molecule has 4 rings (SSSR count). The number of amides is 2. The molecule has 2 amide bonds. The second kappa shape index (κ2) is 5.28. The first-order valence-corrected chi connectivity index (χ1v) is 8.36. The van der Waals surface area contributed by atoms with Gasteiger partial charge in [0, 0.05) is 5.56 Å². The Morgan fingerprint density at radius 2 is 1.52 bits per heavy atom. The largest absolute Gasteiger partial charge is 0.290 e. The number of nitrogens with zero attached hydrogens (tertiary/aromatic N) is 2. The summed E-state index contributed by atoms with van der Waals surface area (Å²) < 4.78 is 0. The standard InChI is InChI=1S/C20H18N2O3/c1-3-20(15-11-9-13(2)10-12-15)18(24)21-17(22(21)19(20)25)16(23)14-7-5-4-6-8-14/h4-12,17H,3H2,1-2H3. The van der Waals surface area contributed by atoms with Crippen LogP contribution in [0, 0.1) is 6.92 Å². The third-order valence-electron chi connectivity index (χ3n) is 5.15. The number of Topliss-reactive ketones (excluding diaryl/α,β-unsaturated/α-hetero) is 1. The highest BCUT2D eigenvalue weighted by atomic mass is 16.2. The van der Waals surface area contributed by atoms with Crippen molar-refractivity contribution in [1.29, 1.82) is 0 Å². The fraction of sp³-hybridized carbons (Fsp3) is 0.250. The van der Waals surface area contributed by atoms with Gasteiger partial charge in [-0.3, -0.25) is 14.4 Å². The van der Waals surface area contributed by atoms with E-state index in [0.29, 0.717) is 17.5 Å². The predicted octanol–water partition coefficient (Wildman–Crippen LogP) is 2.45. The highest BCUT2D eigenvalue weighted by Gasteiger charge is 2.72. The molecule has 25 heavy (non-hydrogen) atoms. The molecule has 0 aliphatic carbocycles. The fourth-order valence-corrected chi connectivity index (χ4v) is 3.64. The number of carbonyl (C=O) groups is 3. The summed E-state index contributed by atoms with van der Waals surface area (Å²) in [4.78, 5) is 38.7. The summed E-state index contributed by atoms with van der Waals surface area (Å²) in [5.74, 6) is -0.841. The number of aryl methyl sites for hydroxylation is 1. The Morgan fingerprint density at radius 1 is 0.960 bits per heavy atom.